The van der Waals surface area contributed by atoms with Crippen LogP contribution < -0.4 is 5.73 Å². The standard InChI is InChI=1S/C13H25NO3/c1-10(2)5-4-8-17-9-13(14,11-6-7-11)12(15)16-3/h10-11H,4-9,14H2,1-3H3. The van der Waals surface area contributed by atoms with Gasteiger partial charge in [-0.1, -0.05) is 13.8 Å². The molecular formula is C13H25NO3. The van der Waals surface area contributed by atoms with Crippen molar-refractivity contribution >= 4 is 5.97 Å². The topological polar surface area (TPSA) is 61.5 Å². The van der Waals surface area contributed by atoms with Gasteiger partial charge in [-0.05, 0) is 37.5 Å². The average Bonchev–Trinajstić information content (AvgIpc) is 3.10. The number of ether oxygens (including phenoxy) is 2. The molecule has 2 N–H and O–H groups in total. The van der Waals surface area contributed by atoms with E-state index in [2.05, 4.69) is 13.8 Å². The molecule has 0 heterocycles. The summed E-state index contributed by atoms with van der Waals surface area (Å²) in [7, 11) is 1.38. The van der Waals surface area contributed by atoms with Gasteiger partial charge in [-0.15, -0.1) is 0 Å². The molecule has 100 valence electrons. The summed E-state index contributed by atoms with van der Waals surface area (Å²) in [5.74, 6) is 0.578. The van der Waals surface area contributed by atoms with Crippen LogP contribution in [0.4, 0.5) is 0 Å². The van der Waals surface area contributed by atoms with Crippen LogP contribution in [0.5, 0.6) is 0 Å². The predicted octanol–water partition coefficient (Wildman–Crippen LogP) is 1.72. The molecule has 0 aromatic heterocycles. The third-order valence-electron chi connectivity index (χ3n) is 3.28. The molecule has 1 aliphatic carbocycles. The highest BCUT2D eigenvalue weighted by molar-refractivity contribution is 5.81. The minimum Gasteiger partial charge on any atom is -0.468 e. The van der Waals surface area contributed by atoms with Gasteiger partial charge in [0.2, 0.25) is 0 Å². The summed E-state index contributed by atoms with van der Waals surface area (Å²) < 4.78 is 10.3. The van der Waals surface area contributed by atoms with Gasteiger partial charge in [0.1, 0.15) is 5.54 Å². The number of nitrogens with two attached hydrogens (primary N) is 1. The third-order valence-corrected chi connectivity index (χ3v) is 3.28. The van der Waals surface area contributed by atoms with Crippen LogP contribution in [0, 0.1) is 11.8 Å². The van der Waals surface area contributed by atoms with Crippen LogP contribution in [-0.4, -0.2) is 31.8 Å². The molecule has 4 heteroatoms. The number of hydrogen-bond donors (Lipinski definition) is 1. The van der Waals surface area contributed by atoms with Gasteiger partial charge in [0.25, 0.3) is 0 Å². The van der Waals surface area contributed by atoms with E-state index in [4.69, 9.17) is 15.2 Å². The Hall–Kier alpha value is -0.610. The van der Waals surface area contributed by atoms with E-state index in [0.717, 1.165) is 25.7 Å². The lowest BCUT2D eigenvalue weighted by Crippen LogP contribution is -2.54. The van der Waals surface area contributed by atoms with Crippen molar-refractivity contribution in [2.45, 2.75) is 45.1 Å². The van der Waals surface area contributed by atoms with Crippen LogP contribution in [0.15, 0.2) is 0 Å². The van der Waals surface area contributed by atoms with Gasteiger partial charge in [0.15, 0.2) is 0 Å². The predicted molar refractivity (Wildman–Crippen MR) is 66.5 cm³/mol. The lowest BCUT2D eigenvalue weighted by atomic mass is 9.96. The summed E-state index contributed by atoms with van der Waals surface area (Å²) in [5.41, 5.74) is 5.18. The summed E-state index contributed by atoms with van der Waals surface area (Å²) >= 11 is 0. The number of carbonyl (C=O) groups excluding carboxylic acids is 1. The summed E-state index contributed by atoms with van der Waals surface area (Å²) in [6.45, 7) is 5.32. The molecule has 0 saturated heterocycles. The Kier molecular flexibility index (Phi) is 5.40. The molecule has 0 aromatic rings. The molecule has 0 amide bonds. The van der Waals surface area contributed by atoms with Crippen LogP contribution in [0.2, 0.25) is 0 Å². The molecule has 0 spiro atoms. The Balaban J connectivity index is 2.28. The number of methoxy groups -OCH3 is 1. The van der Waals surface area contributed by atoms with Crippen molar-refractivity contribution in [1.29, 1.82) is 0 Å². The van der Waals surface area contributed by atoms with E-state index in [1.807, 2.05) is 0 Å². The molecule has 0 aromatic carbocycles. The Morgan fingerprint density at radius 2 is 2.12 bits per heavy atom. The van der Waals surface area contributed by atoms with E-state index in [9.17, 15) is 4.79 Å². The van der Waals surface area contributed by atoms with Crippen LogP contribution in [0.1, 0.15) is 39.5 Å². The Bertz CT molecular complexity index is 251. The normalized spacial score (nSPS) is 19.1. The van der Waals surface area contributed by atoms with Crippen molar-refractivity contribution in [3.8, 4) is 0 Å². The van der Waals surface area contributed by atoms with Gasteiger partial charge in [0, 0.05) is 6.61 Å². The molecule has 17 heavy (non-hydrogen) atoms. The van der Waals surface area contributed by atoms with Crippen LogP contribution in [0.25, 0.3) is 0 Å². The van der Waals surface area contributed by atoms with Crippen molar-refractivity contribution in [3.63, 3.8) is 0 Å². The molecule has 1 atom stereocenters. The van der Waals surface area contributed by atoms with E-state index in [1.54, 1.807) is 0 Å². The third kappa shape index (κ3) is 4.28. The lowest BCUT2D eigenvalue weighted by Gasteiger charge is -2.26. The quantitative estimate of drug-likeness (QED) is 0.521. The highest BCUT2D eigenvalue weighted by Gasteiger charge is 2.49. The molecular weight excluding hydrogens is 218 g/mol. The number of esters is 1. The first-order chi connectivity index (χ1) is 8.00. The van der Waals surface area contributed by atoms with Crippen LogP contribution >= 0.6 is 0 Å². The summed E-state index contributed by atoms with van der Waals surface area (Å²) in [5, 5.41) is 0. The number of carbonyl (C=O) groups is 1. The summed E-state index contributed by atoms with van der Waals surface area (Å²) in [4.78, 5) is 11.7. The SMILES string of the molecule is COC(=O)C(N)(COCCCC(C)C)C1CC1. The van der Waals surface area contributed by atoms with E-state index in [0.29, 0.717) is 12.5 Å². The number of rotatable bonds is 8. The van der Waals surface area contributed by atoms with Gasteiger partial charge in [0.05, 0.1) is 13.7 Å². The Morgan fingerprint density at radius 3 is 2.59 bits per heavy atom. The van der Waals surface area contributed by atoms with Gasteiger partial charge in [-0.2, -0.15) is 0 Å². The maximum absolute atomic E-state index is 11.7. The minimum absolute atomic E-state index is 0.236. The van der Waals surface area contributed by atoms with Crippen molar-refractivity contribution in [2.75, 3.05) is 20.3 Å². The highest BCUT2D eigenvalue weighted by atomic mass is 16.5. The van der Waals surface area contributed by atoms with E-state index < -0.39 is 5.54 Å². The Morgan fingerprint density at radius 1 is 1.47 bits per heavy atom. The zero-order valence-corrected chi connectivity index (χ0v) is 11.2. The van der Waals surface area contributed by atoms with E-state index in [1.165, 1.54) is 7.11 Å². The molecule has 1 aliphatic rings. The second-order valence-corrected chi connectivity index (χ2v) is 5.39. The average molecular weight is 243 g/mol. The summed E-state index contributed by atoms with van der Waals surface area (Å²) in [6.07, 6.45) is 4.15. The second kappa shape index (κ2) is 6.36. The molecule has 1 saturated carbocycles. The van der Waals surface area contributed by atoms with Crippen molar-refractivity contribution in [1.82, 2.24) is 0 Å². The van der Waals surface area contributed by atoms with Gasteiger partial charge < -0.3 is 15.2 Å². The molecule has 1 rings (SSSR count). The molecule has 4 nitrogen and oxygen atoms in total. The molecule has 0 radical (unpaired) electrons. The van der Waals surface area contributed by atoms with E-state index in [-0.39, 0.29) is 18.5 Å². The Labute approximate surface area is 104 Å². The first-order valence-corrected chi connectivity index (χ1v) is 6.45. The molecule has 1 unspecified atom stereocenters. The van der Waals surface area contributed by atoms with E-state index >= 15 is 0 Å². The van der Waals surface area contributed by atoms with Crippen LogP contribution in [-0.2, 0) is 14.3 Å². The van der Waals surface area contributed by atoms with Crippen molar-refractivity contribution in [2.24, 2.45) is 17.6 Å². The second-order valence-electron chi connectivity index (χ2n) is 5.39. The minimum atomic E-state index is -0.924. The summed E-state index contributed by atoms with van der Waals surface area (Å²) in [6, 6.07) is 0. The molecule has 0 aliphatic heterocycles. The first-order valence-electron chi connectivity index (χ1n) is 6.45. The monoisotopic (exact) mass is 243 g/mol. The fourth-order valence-electron chi connectivity index (χ4n) is 1.97. The number of hydrogen-bond acceptors (Lipinski definition) is 4. The van der Waals surface area contributed by atoms with Crippen molar-refractivity contribution in [3.05, 3.63) is 0 Å². The van der Waals surface area contributed by atoms with Crippen LogP contribution in [0.3, 0.4) is 0 Å². The maximum atomic E-state index is 11.7. The van der Waals surface area contributed by atoms with Gasteiger partial charge in [-0.25, -0.2) is 4.79 Å². The highest BCUT2D eigenvalue weighted by Crippen LogP contribution is 2.39. The zero-order valence-electron chi connectivity index (χ0n) is 11.2. The van der Waals surface area contributed by atoms with Gasteiger partial charge in [-0.3, -0.25) is 0 Å². The smallest absolute Gasteiger partial charge is 0.328 e. The van der Waals surface area contributed by atoms with Gasteiger partial charge >= 0.3 is 5.97 Å². The maximum Gasteiger partial charge on any atom is 0.328 e. The van der Waals surface area contributed by atoms with Crippen molar-refractivity contribution < 1.29 is 14.3 Å². The first kappa shape index (κ1) is 14.5. The lowest BCUT2D eigenvalue weighted by molar-refractivity contribution is -0.150. The fourth-order valence-corrected chi connectivity index (χ4v) is 1.97. The largest absolute Gasteiger partial charge is 0.468 e. The molecule has 1 fully saturated rings. The fraction of sp³-hybridized carbons (Fsp3) is 0.923. The zero-order chi connectivity index (χ0) is 12.9. The molecule has 0 bridgehead atoms.